The quantitative estimate of drug-likeness (QED) is 0.658. The minimum absolute atomic E-state index is 0.174. The largest absolute Gasteiger partial charge is 0.292 e. The molecule has 0 unspecified atom stereocenters. The van der Waals surface area contributed by atoms with Crippen molar-refractivity contribution >= 4 is 22.1 Å². The van der Waals surface area contributed by atoms with Gasteiger partial charge < -0.3 is 0 Å². The molecule has 1 aliphatic heterocycles. The number of rotatable bonds is 0. The van der Waals surface area contributed by atoms with E-state index < -0.39 is 0 Å². The van der Waals surface area contributed by atoms with Crippen LogP contribution in [0.2, 0.25) is 0 Å². The lowest BCUT2D eigenvalue weighted by molar-refractivity contribution is 0.534. The Balaban J connectivity index is 2.62. The molecule has 0 saturated heterocycles. The van der Waals surface area contributed by atoms with Crippen LogP contribution >= 0.6 is 15.9 Å². The van der Waals surface area contributed by atoms with Crippen LogP contribution in [0, 0.1) is 0 Å². The van der Waals surface area contributed by atoms with Gasteiger partial charge in [0.1, 0.15) is 0 Å². The topological polar surface area (TPSA) is 12.4 Å². The van der Waals surface area contributed by atoms with Gasteiger partial charge in [0.2, 0.25) is 0 Å². The first-order chi connectivity index (χ1) is 6.09. The van der Waals surface area contributed by atoms with E-state index in [9.17, 15) is 0 Å². The van der Waals surface area contributed by atoms with Crippen LogP contribution in [0.4, 0.5) is 0 Å². The molecule has 1 aliphatic rings. The van der Waals surface area contributed by atoms with Gasteiger partial charge in [0, 0.05) is 22.6 Å². The molecule has 0 aromatic heterocycles. The van der Waals surface area contributed by atoms with Crippen LogP contribution in [-0.2, 0) is 5.41 Å². The Morgan fingerprint density at radius 3 is 2.92 bits per heavy atom. The summed E-state index contributed by atoms with van der Waals surface area (Å²) in [6, 6.07) is 6.37. The fourth-order valence-corrected chi connectivity index (χ4v) is 2.05. The number of nitrogens with zero attached hydrogens (tertiary/aromatic N) is 1. The Hall–Kier alpha value is -0.630. The zero-order valence-corrected chi connectivity index (χ0v) is 9.43. The highest BCUT2D eigenvalue weighted by atomic mass is 79.9. The molecule has 2 rings (SSSR count). The van der Waals surface area contributed by atoms with Crippen LogP contribution in [0.5, 0.6) is 0 Å². The fourth-order valence-electron chi connectivity index (χ4n) is 1.68. The summed E-state index contributed by atoms with van der Waals surface area (Å²) < 4.78 is 1.15. The summed E-state index contributed by atoms with van der Waals surface area (Å²) in [5, 5.41) is 0. The van der Waals surface area contributed by atoms with Crippen molar-refractivity contribution in [3.63, 3.8) is 0 Å². The molecule has 13 heavy (non-hydrogen) atoms. The molecular formula is C11H12BrN. The summed E-state index contributed by atoms with van der Waals surface area (Å²) in [5.74, 6) is 0. The van der Waals surface area contributed by atoms with Crippen LogP contribution in [0.25, 0.3) is 0 Å². The minimum atomic E-state index is 0.174. The van der Waals surface area contributed by atoms with Gasteiger partial charge in [-0.05, 0) is 23.3 Å². The van der Waals surface area contributed by atoms with E-state index in [0.717, 1.165) is 11.0 Å². The molecule has 0 aliphatic carbocycles. The Labute approximate surface area is 87.0 Å². The third kappa shape index (κ3) is 1.55. The third-order valence-corrected chi connectivity index (χ3v) is 2.95. The second-order valence-electron chi connectivity index (χ2n) is 4.09. The normalized spacial score (nSPS) is 18.4. The highest BCUT2D eigenvalue weighted by Gasteiger charge is 2.25. The van der Waals surface area contributed by atoms with Crippen molar-refractivity contribution in [1.29, 1.82) is 0 Å². The van der Waals surface area contributed by atoms with Gasteiger partial charge in [0.15, 0.2) is 0 Å². The Morgan fingerprint density at radius 2 is 2.15 bits per heavy atom. The van der Waals surface area contributed by atoms with Crippen molar-refractivity contribution in [2.75, 3.05) is 6.54 Å². The van der Waals surface area contributed by atoms with Crippen molar-refractivity contribution in [3.05, 3.63) is 33.8 Å². The monoisotopic (exact) mass is 237 g/mol. The van der Waals surface area contributed by atoms with Gasteiger partial charge in [-0.3, -0.25) is 4.99 Å². The summed E-state index contributed by atoms with van der Waals surface area (Å²) in [5.41, 5.74) is 2.81. The summed E-state index contributed by atoms with van der Waals surface area (Å²) in [6.07, 6.45) is 1.97. The van der Waals surface area contributed by atoms with Crippen LogP contribution in [0.1, 0.15) is 25.0 Å². The maximum Gasteiger partial charge on any atom is 0.0481 e. The van der Waals surface area contributed by atoms with Gasteiger partial charge in [0.05, 0.1) is 0 Å². The van der Waals surface area contributed by atoms with E-state index in [1.54, 1.807) is 0 Å². The Morgan fingerprint density at radius 1 is 1.38 bits per heavy atom. The summed E-state index contributed by atoms with van der Waals surface area (Å²) in [7, 11) is 0. The van der Waals surface area contributed by atoms with E-state index in [1.165, 1.54) is 11.1 Å². The number of aliphatic imine (C=N–C) groups is 1. The number of benzene rings is 1. The molecule has 2 heteroatoms. The molecule has 1 aromatic rings. The predicted octanol–water partition coefficient (Wildman–Crippen LogP) is 3.16. The van der Waals surface area contributed by atoms with Gasteiger partial charge in [0.25, 0.3) is 0 Å². The molecule has 0 spiro atoms. The highest BCUT2D eigenvalue weighted by Crippen LogP contribution is 2.31. The molecule has 68 valence electrons. The number of halogens is 1. The van der Waals surface area contributed by atoms with E-state index in [-0.39, 0.29) is 5.41 Å². The SMILES string of the molecule is CC1(C)CN=Cc2ccc(Br)cc21. The van der Waals surface area contributed by atoms with Crippen molar-refractivity contribution in [2.45, 2.75) is 19.3 Å². The minimum Gasteiger partial charge on any atom is -0.292 e. The van der Waals surface area contributed by atoms with Crippen molar-refractivity contribution in [1.82, 2.24) is 0 Å². The average molecular weight is 238 g/mol. The fraction of sp³-hybridized carbons (Fsp3) is 0.364. The molecule has 0 bridgehead atoms. The summed E-state index contributed by atoms with van der Waals surface area (Å²) >= 11 is 3.50. The molecule has 0 fully saturated rings. The molecule has 0 saturated carbocycles. The number of hydrogen-bond donors (Lipinski definition) is 0. The van der Waals surface area contributed by atoms with E-state index in [2.05, 4.69) is 53.0 Å². The maximum atomic E-state index is 4.36. The van der Waals surface area contributed by atoms with E-state index in [4.69, 9.17) is 0 Å². The second kappa shape index (κ2) is 2.95. The van der Waals surface area contributed by atoms with Gasteiger partial charge in [-0.2, -0.15) is 0 Å². The molecule has 1 nitrogen and oxygen atoms in total. The zero-order chi connectivity index (χ0) is 9.47. The predicted molar refractivity (Wildman–Crippen MR) is 59.6 cm³/mol. The molecule has 0 atom stereocenters. The van der Waals surface area contributed by atoms with Gasteiger partial charge >= 0.3 is 0 Å². The van der Waals surface area contributed by atoms with Gasteiger partial charge in [-0.15, -0.1) is 0 Å². The first kappa shape index (κ1) is 8.95. The zero-order valence-electron chi connectivity index (χ0n) is 7.84. The van der Waals surface area contributed by atoms with Gasteiger partial charge in [-0.1, -0.05) is 35.8 Å². The Kier molecular flexibility index (Phi) is 2.03. The lowest BCUT2D eigenvalue weighted by Gasteiger charge is -2.28. The molecular weight excluding hydrogens is 226 g/mol. The molecule has 0 amide bonds. The molecule has 1 heterocycles. The average Bonchev–Trinajstić information content (AvgIpc) is 2.06. The van der Waals surface area contributed by atoms with Crippen LogP contribution in [0.15, 0.2) is 27.7 Å². The standard InChI is InChI=1S/C11H12BrN/c1-11(2)7-13-6-8-3-4-9(12)5-10(8)11/h3-6H,7H2,1-2H3. The van der Waals surface area contributed by atoms with Gasteiger partial charge in [-0.25, -0.2) is 0 Å². The number of fused-ring (bicyclic) bond motifs is 1. The van der Waals surface area contributed by atoms with E-state index >= 15 is 0 Å². The van der Waals surface area contributed by atoms with Crippen LogP contribution in [-0.4, -0.2) is 12.8 Å². The first-order valence-electron chi connectivity index (χ1n) is 4.39. The Bertz CT molecular complexity index is 366. The molecule has 0 radical (unpaired) electrons. The maximum absolute atomic E-state index is 4.36. The second-order valence-corrected chi connectivity index (χ2v) is 5.00. The lowest BCUT2D eigenvalue weighted by atomic mass is 9.80. The van der Waals surface area contributed by atoms with Crippen LogP contribution in [0.3, 0.4) is 0 Å². The van der Waals surface area contributed by atoms with Crippen molar-refractivity contribution < 1.29 is 0 Å². The molecule has 0 N–H and O–H groups in total. The first-order valence-corrected chi connectivity index (χ1v) is 5.19. The van der Waals surface area contributed by atoms with E-state index in [0.29, 0.717) is 0 Å². The molecule has 1 aromatic carbocycles. The summed E-state index contributed by atoms with van der Waals surface area (Å²) in [6.45, 7) is 5.35. The summed E-state index contributed by atoms with van der Waals surface area (Å²) in [4.78, 5) is 4.36. The van der Waals surface area contributed by atoms with Crippen molar-refractivity contribution in [2.24, 2.45) is 4.99 Å². The van der Waals surface area contributed by atoms with E-state index in [1.807, 2.05) is 6.21 Å². The van der Waals surface area contributed by atoms with Crippen LogP contribution < -0.4 is 0 Å². The van der Waals surface area contributed by atoms with Crippen molar-refractivity contribution in [3.8, 4) is 0 Å². The number of hydrogen-bond acceptors (Lipinski definition) is 1. The smallest absolute Gasteiger partial charge is 0.0481 e. The lowest BCUT2D eigenvalue weighted by Crippen LogP contribution is -2.26. The third-order valence-electron chi connectivity index (χ3n) is 2.46. The highest BCUT2D eigenvalue weighted by molar-refractivity contribution is 9.10.